The third kappa shape index (κ3) is 2.33. The van der Waals surface area contributed by atoms with Crippen LogP contribution in [0.4, 0.5) is 0 Å². The Bertz CT molecular complexity index is 446. The Morgan fingerprint density at radius 3 is 1.95 bits per heavy atom. The Labute approximate surface area is 129 Å². The molecule has 1 unspecified atom stereocenters. The molecule has 1 aromatic carbocycles. The van der Waals surface area contributed by atoms with Crippen molar-refractivity contribution in [1.29, 1.82) is 0 Å². The molecule has 0 N–H and O–H groups in total. The van der Waals surface area contributed by atoms with E-state index in [4.69, 9.17) is 9.47 Å². The van der Waals surface area contributed by atoms with Crippen LogP contribution in [0.25, 0.3) is 0 Å². The van der Waals surface area contributed by atoms with Crippen molar-refractivity contribution < 1.29 is 9.47 Å². The van der Waals surface area contributed by atoms with E-state index in [0.29, 0.717) is 6.61 Å². The number of benzene rings is 1. The van der Waals surface area contributed by atoms with Gasteiger partial charge in [-0.1, -0.05) is 58.0 Å². The Balaban J connectivity index is 2.18. The van der Waals surface area contributed by atoms with Gasteiger partial charge in [-0.3, -0.25) is 0 Å². The number of hydrogen-bond donors (Lipinski definition) is 0. The lowest BCUT2D eigenvalue weighted by Gasteiger charge is -2.69. The van der Waals surface area contributed by atoms with E-state index >= 15 is 0 Å². The van der Waals surface area contributed by atoms with Gasteiger partial charge in [0.25, 0.3) is 0 Å². The molecular formula is C19H30O2. The minimum Gasteiger partial charge on any atom is -0.345 e. The Kier molecular flexibility index (Phi) is 4.79. The first-order valence-electron chi connectivity index (χ1n) is 8.41. The highest BCUT2D eigenvalue weighted by atomic mass is 16.7. The largest absolute Gasteiger partial charge is 0.345 e. The lowest BCUT2D eigenvalue weighted by molar-refractivity contribution is -0.471. The molecule has 1 fully saturated rings. The van der Waals surface area contributed by atoms with Crippen LogP contribution in [0, 0.1) is 5.41 Å². The van der Waals surface area contributed by atoms with Gasteiger partial charge in [0, 0.05) is 0 Å². The van der Waals surface area contributed by atoms with Crippen LogP contribution in [0.15, 0.2) is 30.3 Å². The Hall–Kier alpha value is -0.860. The molecule has 1 saturated heterocycles. The highest BCUT2D eigenvalue weighted by molar-refractivity contribution is 5.16. The van der Waals surface area contributed by atoms with E-state index < -0.39 is 5.79 Å². The van der Waals surface area contributed by atoms with Gasteiger partial charge >= 0.3 is 0 Å². The number of ether oxygens (including phenoxy) is 2. The van der Waals surface area contributed by atoms with Gasteiger partial charge in [0.05, 0.1) is 17.6 Å². The molecular weight excluding hydrogens is 260 g/mol. The van der Waals surface area contributed by atoms with Crippen LogP contribution >= 0.6 is 0 Å². The smallest absolute Gasteiger partial charge is 0.175 e. The molecule has 0 amide bonds. The predicted octanol–water partition coefficient (Wildman–Crippen LogP) is 5.31. The van der Waals surface area contributed by atoms with Crippen molar-refractivity contribution in [2.45, 2.75) is 78.3 Å². The molecule has 1 aromatic rings. The normalized spacial score (nSPS) is 26.3. The summed E-state index contributed by atoms with van der Waals surface area (Å²) >= 11 is 0. The molecule has 0 aromatic heterocycles. The molecule has 1 atom stereocenters. The molecule has 21 heavy (non-hydrogen) atoms. The molecule has 2 nitrogen and oxygen atoms in total. The fourth-order valence-electron chi connectivity index (χ4n) is 4.51. The van der Waals surface area contributed by atoms with Gasteiger partial charge in [-0.05, 0) is 38.2 Å². The van der Waals surface area contributed by atoms with Crippen molar-refractivity contribution in [1.82, 2.24) is 0 Å². The summed E-state index contributed by atoms with van der Waals surface area (Å²) in [7, 11) is 0. The molecule has 0 spiro atoms. The van der Waals surface area contributed by atoms with E-state index in [9.17, 15) is 0 Å². The third-order valence-electron chi connectivity index (χ3n) is 5.84. The second kappa shape index (κ2) is 6.10. The maximum Gasteiger partial charge on any atom is 0.175 e. The zero-order chi connectivity index (χ0) is 15.6. The van der Waals surface area contributed by atoms with Gasteiger partial charge in [-0.2, -0.15) is 0 Å². The van der Waals surface area contributed by atoms with Crippen molar-refractivity contribution in [2.75, 3.05) is 0 Å². The van der Waals surface area contributed by atoms with Gasteiger partial charge in [0.1, 0.15) is 0 Å². The van der Waals surface area contributed by atoms with E-state index in [2.05, 4.69) is 58.9 Å². The summed E-state index contributed by atoms with van der Waals surface area (Å²) in [4.78, 5) is 0. The summed E-state index contributed by atoms with van der Waals surface area (Å²) < 4.78 is 12.7. The van der Waals surface area contributed by atoms with Gasteiger partial charge in [-0.15, -0.1) is 0 Å². The zero-order valence-electron chi connectivity index (χ0n) is 14.2. The van der Waals surface area contributed by atoms with Gasteiger partial charge < -0.3 is 9.47 Å². The zero-order valence-corrected chi connectivity index (χ0v) is 14.2. The molecule has 0 aliphatic carbocycles. The highest BCUT2D eigenvalue weighted by Crippen LogP contribution is 2.64. The van der Waals surface area contributed by atoms with E-state index in [1.807, 2.05) is 6.07 Å². The molecule has 2 heteroatoms. The van der Waals surface area contributed by atoms with E-state index in [0.717, 1.165) is 25.7 Å². The third-order valence-corrected chi connectivity index (χ3v) is 5.84. The molecule has 0 saturated carbocycles. The summed E-state index contributed by atoms with van der Waals surface area (Å²) in [5.74, 6) is -0.474. The fourth-order valence-corrected chi connectivity index (χ4v) is 4.51. The monoisotopic (exact) mass is 290 g/mol. The lowest BCUT2D eigenvalue weighted by Crippen LogP contribution is -2.75. The summed E-state index contributed by atoms with van der Waals surface area (Å²) in [6.07, 6.45) is 4.29. The minimum atomic E-state index is -0.474. The summed E-state index contributed by atoms with van der Waals surface area (Å²) in [6.45, 7) is 11.8. The molecule has 1 heterocycles. The average Bonchev–Trinajstić information content (AvgIpc) is 2.53. The van der Waals surface area contributed by atoms with Gasteiger partial charge in [-0.25, -0.2) is 0 Å². The van der Waals surface area contributed by atoms with Crippen LogP contribution in [0.5, 0.6) is 0 Å². The van der Waals surface area contributed by atoms with Crippen LogP contribution in [0.1, 0.15) is 65.9 Å². The van der Waals surface area contributed by atoms with Crippen LogP contribution in [-0.4, -0.2) is 11.4 Å². The molecule has 1 aliphatic heterocycles. The SMILES string of the molecule is CCC1(CC)OC(C)(OCc2ccccc2)C1(CC)CC. The van der Waals surface area contributed by atoms with Crippen LogP contribution < -0.4 is 0 Å². The van der Waals surface area contributed by atoms with Gasteiger partial charge in [0.15, 0.2) is 5.79 Å². The first kappa shape index (κ1) is 16.5. The molecule has 1 aliphatic rings. The standard InChI is InChI=1S/C19H30O2/c1-6-18(7-2)17(5,21-19(18,8-3)9-4)20-15-16-13-11-10-12-14-16/h10-14H,6-9,15H2,1-5H3. The summed E-state index contributed by atoms with van der Waals surface area (Å²) in [5.41, 5.74) is 1.29. The summed E-state index contributed by atoms with van der Waals surface area (Å²) in [5, 5.41) is 0. The van der Waals surface area contributed by atoms with Crippen molar-refractivity contribution in [3.8, 4) is 0 Å². The van der Waals surface area contributed by atoms with Crippen molar-refractivity contribution in [3.63, 3.8) is 0 Å². The maximum atomic E-state index is 6.41. The lowest BCUT2D eigenvalue weighted by atomic mass is 9.55. The van der Waals surface area contributed by atoms with E-state index in [1.165, 1.54) is 5.56 Å². The first-order chi connectivity index (χ1) is 10.0. The van der Waals surface area contributed by atoms with Crippen LogP contribution in [0.3, 0.4) is 0 Å². The van der Waals surface area contributed by atoms with E-state index in [1.54, 1.807) is 0 Å². The maximum absolute atomic E-state index is 6.41. The Morgan fingerprint density at radius 2 is 1.48 bits per heavy atom. The quantitative estimate of drug-likeness (QED) is 0.677. The second-order valence-corrected chi connectivity index (χ2v) is 6.31. The highest BCUT2D eigenvalue weighted by Gasteiger charge is 2.70. The van der Waals surface area contributed by atoms with Crippen LogP contribution in [-0.2, 0) is 16.1 Å². The molecule has 118 valence electrons. The van der Waals surface area contributed by atoms with Crippen molar-refractivity contribution in [2.24, 2.45) is 5.41 Å². The van der Waals surface area contributed by atoms with E-state index in [-0.39, 0.29) is 11.0 Å². The first-order valence-corrected chi connectivity index (χ1v) is 8.41. The molecule has 0 bridgehead atoms. The van der Waals surface area contributed by atoms with Gasteiger partial charge in [0.2, 0.25) is 0 Å². The van der Waals surface area contributed by atoms with Crippen LogP contribution in [0.2, 0.25) is 0 Å². The molecule has 0 radical (unpaired) electrons. The fraction of sp³-hybridized carbons (Fsp3) is 0.684. The number of rotatable bonds is 7. The summed E-state index contributed by atoms with van der Waals surface area (Å²) in [6, 6.07) is 10.4. The minimum absolute atomic E-state index is 0.0259. The van der Waals surface area contributed by atoms with Crippen molar-refractivity contribution in [3.05, 3.63) is 35.9 Å². The van der Waals surface area contributed by atoms with Crippen molar-refractivity contribution >= 4 is 0 Å². The number of hydrogen-bond acceptors (Lipinski definition) is 2. The predicted molar refractivity (Wildman–Crippen MR) is 87.0 cm³/mol. The Morgan fingerprint density at radius 1 is 0.905 bits per heavy atom. The molecule has 2 rings (SSSR count). The topological polar surface area (TPSA) is 18.5 Å². The average molecular weight is 290 g/mol. The second-order valence-electron chi connectivity index (χ2n) is 6.31.